The predicted octanol–water partition coefficient (Wildman–Crippen LogP) is 3.05. The van der Waals surface area contributed by atoms with Crippen LogP contribution in [0.5, 0.6) is 5.75 Å². The van der Waals surface area contributed by atoms with Gasteiger partial charge >= 0.3 is 0 Å². The number of pyridine rings is 1. The average Bonchev–Trinajstić information content (AvgIpc) is 3.29. The second kappa shape index (κ2) is 9.28. The molecule has 3 N–H and O–H groups in total. The maximum Gasteiger partial charge on any atom is 0.251 e. The van der Waals surface area contributed by atoms with Crippen LogP contribution in [0.25, 0.3) is 10.8 Å². The molecule has 0 bridgehead atoms. The van der Waals surface area contributed by atoms with E-state index in [1.54, 1.807) is 24.4 Å². The highest BCUT2D eigenvalue weighted by Gasteiger charge is 2.18. The summed E-state index contributed by atoms with van der Waals surface area (Å²) < 4.78 is 24.3. The summed E-state index contributed by atoms with van der Waals surface area (Å²) in [5.74, 6) is -0.0997. The second-order valence-corrected chi connectivity index (χ2v) is 7.44. The Bertz CT molecular complexity index is 1090. The third kappa shape index (κ3) is 4.76. The first-order valence-corrected chi connectivity index (χ1v) is 10.1. The number of methoxy groups -OCH3 is 1. The van der Waals surface area contributed by atoms with Crippen molar-refractivity contribution >= 4 is 22.5 Å². The molecule has 162 valence electrons. The molecule has 0 spiro atoms. The van der Waals surface area contributed by atoms with Crippen LogP contribution in [0.4, 0.5) is 10.2 Å². The number of carbonyl (C=O) groups excluding carboxylic acids is 1. The molecule has 2 atom stereocenters. The summed E-state index contributed by atoms with van der Waals surface area (Å²) in [4.78, 5) is 17.2. The Morgan fingerprint density at radius 2 is 2.16 bits per heavy atom. The molecule has 1 aliphatic heterocycles. The van der Waals surface area contributed by atoms with Gasteiger partial charge in [-0.1, -0.05) is 12.1 Å². The molecule has 2 heterocycles. The molecule has 0 radical (unpaired) electrons. The minimum absolute atomic E-state index is 0.100. The summed E-state index contributed by atoms with van der Waals surface area (Å²) >= 11 is 0. The number of carbonyl (C=O) groups is 1. The van der Waals surface area contributed by atoms with E-state index < -0.39 is 11.9 Å². The van der Waals surface area contributed by atoms with Crippen LogP contribution >= 0.6 is 0 Å². The Morgan fingerprint density at radius 3 is 2.87 bits per heavy atom. The van der Waals surface area contributed by atoms with E-state index in [9.17, 15) is 14.3 Å². The monoisotopic (exact) mass is 425 g/mol. The Balaban J connectivity index is 1.52. The van der Waals surface area contributed by atoms with Crippen molar-refractivity contribution in [3.05, 3.63) is 65.6 Å². The lowest BCUT2D eigenvalue weighted by Gasteiger charge is -2.18. The number of ether oxygens (including phenoxy) is 2. The molecule has 4 rings (SSSR count). The molecule has 1 amide bonds. The smallest absolute Gasteiger partial charge is 0.251 e. The molecule has 8 heteroatoms. The van der Waals surface area contributed by atoms with Gasteiger partial charge in [-0.2, -0.15) is 0 Å². The number of rotatable bonds is 7. The largest absolute Gasteiger partial charge is 0.494 e. The lowest BCUT2D eigenvalue weighted by molar-refractivity contribution is 0.0916. The van der Waals surface area contributed by atoms with Gasteiger partial charge in [0, 0.05) is 23.8 Å². The maximum atomic E-state index is 14.0. The fourth-order valence-corrected chi connectivity index (χ4v) is 3.59. The minimum atomic E-state index is -0.749. The molecule has 2 aromatic carbocycles. The van der Waals surface area contributed by atoms with E-state index in [2.05, 4.69) is 15.6 Å². The van der Waals surface area contributed by atoms with Gasteiger partial charge in [0.15, 0.2) is 11.6 Å². The summed E-state index contributed by atoms with van der Waals surface area (Å²) in [6.07, 6.45) is 2.68. The van der Waals surface area contributed by atoms with Crippen LogP contribution in [0.15, 0.2) is 48.7 Å². The molecule has 1 aliphatic rings. The van der Waals surface area contributed by atoms with E-state index in [1.807, 2.05) is 12.1 Å². The van der Waals surface area contributed by atoms with E-state index in [4.69, 9.17) is 9.47 Å². The normalized spacial score (nSPS) is 16.8. The molecule has 1 aromatic heterocycles. The number of anilines is 1. The number of amides is 1. The van der Waals surface area contributed by atoms with Gasteiger partial charge in [0.05, 0.1) is 32.4 Å². The highest BCUT2D eigenvalue weighted by Crippen LogP contribution is 2.23. The van der Waals surface area contributed by atoms with Gasteiger partial charge in [0.25, 0.3) is 5.91 Å². The number of hydrogen-bond acceptors (Lipinski definition) is 6. The molecule has 31 heavy (non-hydrogen) atoms. The van der Waals surface area contributed by atoms with Crippen molar-refractivity contribution in [2.45, 2.75) is 18.5 Å². The van der Waals surface area contributed by atoms with Crippen molar-refractivity contribution in [1.82, 2.24) is 10.3 Å². The number of halogens is 1. The van der Waals surface area contributed by atoms with Crippen molar-refractivity contribution in [3.8, 4) is 5.75 Å². The summed E-state index contributed by atoms with van der Waals surface area (Å²) in [6.45, 7) is 1.02. The van der Waals surface area contributed by atoms with Crippen LogP contribution in [0.1, 0.15) is 28.4 Å². The van der Waals surface area contributed by atoms with Crippen LogP contribution in [0, 0.1) is 5.82 Å². The predicted molar refractivity (Wildman–Crippen MR) is 115 cm³/mol. The third-order valence-electron chi connectivity index (χ3n) is 5.33. The quantitative estimate of drug-likeness (QED) is 0.539. The summed E-state index contributed by atoms with van der Waals surface area (Å²) in [6, 6.07) is 11.0. The van der Waals surface area contributed by atoms with Gasteiger partial charge in [-0.15, -0.1) is 0 Å². The number of hydrogen-bond donors (Lipinski definition) is 3. The van der Waals surface area contributed by atoms with E-state index in [-0.39, 0.29) is 24.3 Å². The summed E-state index contributed by atoms with van der Waals surface area (Å²) in [5.41, 5.74) is 0.880. The molecular weight excluding hydrogens is 401 g/mol. The van der Waals surface area contributed by atoms with Crippen molar-refractivity contribution in [3.63, 3.8) is 0 Å². The average molecular weight is 425 g/mol. The summed E-state index contributed by atoms with van der Waals surface area (Å²) in [7, 11) is 1.38. The number of aliphatic hydroxyl groups is 1. The number of fused-ring (bicyclic) bond motifs is 1. The van der Waals surface area contributed by atoms with Crippen molar-refractivity contribution in [2.24, 2.45) is 0 Å². The van der Waals surface area contributed by atoms with Crippen molar-refractivity contribution in [2.75, 3.05) is 32.2 Å². The van der Waals surface area contributed by atoms with E-state index >= 15 is 0 Å². The zero-order valence-electron chi connectivity index (χ0n) is 17.1. The van der Waals surface area contributed by atoms with Crippen LogP contribution in [-0.4, -0.2) is 49.0 Å². The number of aliphatic hydroxyl groups excluding tert-OH is 1. The number of nitrogens with zero attached hydrogens (tertiary/aromatic N) is 1. The molecule has 0 aliphatic carbocycles. The zero-order valence-corrected chi connectivity index (χ0v) is 17.1. The topological polar surface area (TPSA) is 92.7 Å². The van der Waals surface area contributed by atoms with Crippen molar-refractivity contribution < 1.29 is 23.8 Å². The lowest BCUT2D eigenvalue weighted by Crippen LogP contribution is -2.30. The SMILES string of the molecule is COc1ccc([C@@H](CO)NC(=O)c2ccc3cnc(NC4CCOC4)cc3c2)cc1F. The number of nitrogens with one attached hydrogen (secondary N) is 2. The first-order valence-electron chi connectivity index (χ1n) is 10.1. The van der Waals surface area contributed by atoms with E-state index in [0.29, 0.717) is 17.7 Å². The van der Waals surface area contributed by atoms with Gasteiger partial charge in [-0.3, -0.25) is 4.79 Å². The highest BCUT2D eigenvalue weighted by molar-refractivity contribution is 5.99. The highest BCUT2D eigenvalue weighted by atomic mass is 19.1. The van der Waals surface area contributed by atoms with Crippen LogP contribution in [0.3, 0.4) is 0 Å². The molecule has 1 unspecified atom stereocenters. The van der Waals surface area contributed by atoms with Gasteiger partial charge < -0.3 is 25.2 Å². The molecular formula is C23H24FN3O4. The Hall–Kier alpha value is -3.23. The van der Waals surface area contributed by atoms with Gasteiger partial charge in [-0.05, 0) is 47.7 Å². The Labute approximate surface area is 179 Å². The van der Waals surface area contributed by atoms with E-state index in [1.165, 1.54) is 19.2 Å². The fraction of sp³-hybridized carbons (Fsp3) is 0.304. The van der Waals surface area contributed by atoms with Gasteiger partial charge in [0.1, 0.15) is 5.82 Å². The molecule has 3 aromatic rings. The number of benzene rings is 2. The first-order chi connectivity index (χ1) is 15.1. The van der Waals surface area contributed by atoms with E-state index in [0.717, 1.165) is 29.6 Å². The van der Waals surface area contributed by atoms with Crippen LogP contribution in [0.2, 0.25) is 0 Å². The zero-order chi connectivity index (χ0) is 21.8. The summed E-state index contributed by atoms with van der Waals surface area (Å²) in [5, 5.41) is 17.6. The van der Waals surface area contributed by atoms with Crippen LogP contribution < -0.4 is 15.4 Å². The van der Waals surface area contributed by atoms with Crippen LogP contribution in [-0.2, 0) is 4.74 Å². The maximum absolute atomic E-state index is 14.0. The third-order valence-corrected chi connectivity index (χ3v) is 5.33. The molecule has 1 saturated heterocycles. The van der Waals surface area contributed by atoms with Gasteiger partial charge in [-0.25, -0.2) is 9.37 Å². The molecule has 7 nitrogen and oxygen atoms in total. The second-order valence-electron chi connectivity index (χ2n) is 7.44. The standard InChI is InChI=1S/C23H24FN3O4/c1-30-21-5-4-14(9-19(21)24)20(12-28)27-23(29)15-2-3-16-11-25-22(10-17(16)8-15)26-18-6-7-31-13-18/h2-5,8-11,18,20,28H,6-7,12-13H2,1H3,(H,25,26)(H,27,29)/t18?,20-/m1/s1. The van der Waals surface area contributed by atoms with Crippen molar-refractivity contribution in [1.29, 1.82) is 0 Å². The lowest BCUT2D eigenvalue weighted by atomic mass is 10.0. The molecule has 1 fully saturated rings. The van der Waals surface area contributed by atoms with Gasteiger partial charge in [0.2, 0.25) is 0 Å². The first kappa shape index (κ1) is 21.0. The molecule has 0 saturated carbocycles. The Kier molecular flexibility index (Phi) is 6.29. The Morgan fingerprint density at radius 1 is 1.29 bits per heavy atom. The minimum Gasteiger partial charge on any atom is -0.494 e. The number of aromatic nitrogens is 1. The fourth-order valence-electron chi connectivity index (χ4n) is 3.59.